The lowest BCUT2D eigenvalue weighted by atomic mass is 9.79. The van der Waals surface area contributed by atoms with Crippen LogP contribution in [0.15, 0.2) is 54.6 Å². The number of likely N-dealkylation sites (tertiary alicyclic amines) is 1. The standard InChI is InChI=1S/C23H29N3O2/c1-23(22(28)24-17-18-8-5-4-6-9-18)12-14-26(15-13-23)21(27)19-10-7-11-20(16-19)25(2)3/h4-11,16H,12-15,17H2,1-3H3,(H,24,28). The minimum atomic E-state index is -0.433. The zero-order valence-corrected chi connectivity index (χ0v) is 16.9. The minimum absolute atomic E-state index is 0.0374. The lowest BCUT2D eigenvalue weighted by Gasteiger charge is -2.38. The van der Waals surface area contributed by atoms with E-state index < -0.39 is 5.41 Å². The average Bonchev–Trinajstić information content (AvgIpc) is 2.73. The number of anilines is 1. The van der Waals surface area contributed by atoms with Gasteiger partial charge in [0.05, 0.1) is 0 Å². The van der Waals surface area contributed by atoms with Gasteiger partial charge in [0.2, 0.25) is 5.91 Å². The van der Waals surface area contributed by atoms with Gasteiger partial charge in [-0.1, -0.05) is 43.3 Å². The van der Waals surface area contributed by atoms with Gasteiger partial charge >= 0.3 is 0 Å². The van der Waals surface area contributed by atoms with Gasteiger partial charge in [0.25, 0.3) is 5.91 Å². The molecule has 1 saturated heterocycles. The van der Waals surface area contributed by atoms with Gasteiger partial charge in [-0.15, -0.1) is 0 Å². The van der Waals surface area contributed by atoms with Gasteiger partial charge < -0.3 is 15.1 Å². The molecule has 0 radical (unpaired) electrons. The van der Waals surface area contributed by atoms with E-state index in [4.69, 9.17) is 0 Å². The van der Waals surface area contributed by atoms with Crippen LogP contribution < -0.4 is 10.2 Å². The van der Waals surface area contributed by atoms with Gasteiger partial charge in [0.15, 0.2) is 0 Å². The highest BCUT2D eigenvalue weighted by Crippen LogP contribution is 2.32. The van der Waals surface area contributed by atoms with Gasteiger partial charge in [-0.25, -0.2) is 0 Å². The van der Waals surface area contributed by atoms with Crippen LogP contribution in [0.5, 0.6) is 0 Å². The van der Waals surface area contributed by atoms with Crippen molar-refractivity contribution in [1.82, 2.24) is 10.2 Å². The molecular formula is C23H29N3O2. The number of piperidine rings is 1. The fraction of sp³-hybridized carbons (Fsp3) is 0.391. The zero-order valence-electron chi connectivity index (χ0n) is 16.9. The van der Waals surface area contributed by atoms with Crippen molar-refractivity contribution in [2.24, 2.45) is 5.41 Å². The van der Waals surface area contributed by atoms with Crippen molar-refractivity contribution in [3.8, 4) is 0 Å². The second kappa shape index (κ2) is 8.46. The number of carbonyl (C=O) groups is 2. The van der Waals surface area contributed by atoms with Crippen molar-refractivity contribution in [2.45, 2.75) is 26.3 Å². The molecule has 0 aromatic heterocycles. The van der Waals surface area contributed by atoms with Crippen LogP contribution in [0.25, 0.3) is 0 Å². The first-order chi connectivity index (χ1) is 13.4. The topological polar surface area (TPSA) is 52.7 Å². The Kier molecular flexibility index (Phi) is 6.02. The van der Waals surface area contributed by atoms with E-state index in [1.54, 1.807) is 0 Å². The summed E-state index contributed by atoms with van der Waals surface area (Å²) in [6, 6.07) is 17.6. The van der Waals surface area contributed by atoms with Crippen molar-refractivity contribution >= 4 is 17.5 Å². The van der Waals surface area contributed by atoms with Crippen LogP contribution in [0.3, 0.4) is 0 Å². The number of rotatable bonds is 5. The van der Waals surface area contributed by atoms with Gasteiger partial charge in [-0.05, 0) is 36.6 Å². The Hall–Kier alpha value is -2.82. The first-order valence-electron chi connectivity index (χ1n) is 9.78. The number of benzene rings is 2. The fourth-order valence-corrected chi connectivity index (χ4v) is 3.52. The molecule has 0 unspecified atom stereocenters. The summed E-state index contributed by atoms with van der Waals surface area (Å²) in [5, 5.41) is 3.06. The van der Waals surface area contributed by atoms with Crippen LogP contribution >= 0.6 is 0 Å². The Bertz CT molecular complexity index is 825. The highest BCUT2D eigenvalue weighted by molar-refractivity contribution is 5.95. The van der Waals surface area contributed by atoms with E-state index >= 15 is 0 Å². The largest absolute Gasteiger partial charge is 0.378 e. The normalized spacial score (nSPS) is 15.8. The Labute approximate surface area is 167 Å². The van der Waals surface area contributed by atoms with E-state index in [2.05, 4.69) is 5.32 Å². The summed E-state index contributed by atoms with van der Waals surface area (Å²) >= 11 is 0. The van der Waals surface area contributed by atoms with Crippen LogP contribution in [-0.2, 0) is 11.3 Å². The molecule has 1 heterocycles. The maximum atomic E-state index is 12.9. The molecule has 1 aliphatic heterocycles. The molecule has 1 fully saturated rings. The number of nitrogens with zero attached hydrogens (tertiary/aromatic N) is 2. The molecule has 1 aliphatic rings. The Morgan fingerprint density at radius 1 is 1.04 bits per heavy atom. The molecule has 0 bridgehead atoms. The predicted molar refractivity (Wildman–Crippen MR) is 112 cm³/mol. The first-order valence-corrected chi connectivity index (χ1v) is 9.78. The van der Waals surface area contributed by atoms with Crippen LogP contribution in [0, 0.1) is 5.41 Å². The third-order valence-corrected chi connectivity index (χ3v) is 5.61. The number of amides is 2. The Morgan fingerprint density at radius 2 is 1.71 bits per heavy atom. The van der Waals surface area contributed by atoms with Gasteiger partial charge in [0, 0.05) is 50.4 Å². The molecule has 3 rings (SSSR count). The molecule has 2 aromatic rings. The van der Waals surface area contributed by atoms with E-state index in [0.29, 0.717) is 38.0 Å². The van der Waals surface area contributed by atoms with Crippen molar-refractivity contribution in [1.29, 1.82) is 0 Å². The monoisotopic (exact) mass is 379 g/mol. The van der Waals surface area contributed by atoms with E-state index in [-0.39, 0.29) is 11.8 Å². The van der Waals surface area contributed by atoms with E-state index in [0.717, 1.165) is 11.3 Å². The summed E-state index contributed by atoms with van der Waals surface area (Å²) in [5.74, 6) is 0.105. The molecule has 5 nitrogen and oxygen atoms in total. The molecule has 0 spiro atoms. The summed E-state index contributed by atoms with van der Waals surface area (Å²) < 4.78 is 0. The molecule has 28 heavy (non-hydrogen) atoms. The van der Waals surface area contributed by atoms with Crippen molar-refractivity contribution in [3.05, 3.63) is 65.7 Å². The third-order valence-electron chi connectivity index (χ3n) is 5.61. The highest BCUT2D eigenvalue weighted by atomic mass is 16.2. The molecular weight excluding hydrogens is 350 g/mol. The van der Waals surface area contributed by atoms with Crippen LogP contribution in [0.4, 0.5) is 5.69 Å². The van der Waals surface area contributed by atoms with Crippen molar-refractivity contribution in [2.75, 3.05) is 32.1 Å². The molecule has 1 N–H and O–H groups in total. The summed E-state index contributed by atoms with van der Waals surface area (Å²) in [5.41, 5.74) is 2.36. The lowest BCUT2D eigenvalue weighted by molar-refractivity contribution is -0.132. The average molecular weight is 380 g/mol. The van der Waals surface area contributed by atoms with Gasteiger partial charge in [-0.3, -0.25) is 9.59 Å². The third kappa shape index (κ3) is 4.53. The van der Waals surface area contributed by atoms with Crippen LogP contribution in [-0.4, -0.2) is 43.9 Å². The lowest BCUT2D eigenvalue weighted by Crippen LogP contribution is -2.48. The second-order valence-electron chi connectivity index (χ2n) is 7.97. The van der Waals surface area contributed by atoms with Crippen LogP contribution in [0.1, 0.15) is 35.7 Å². The molecule has 0 atom stereocenters. The number of carbonyl (C=O) groups excluding carboxylic acids is 2. The summed E-state index contributed by atoms with van der Waals surface area (Å²) in [7, 11) is 3.92. The maximum absolute atomic E-state index is 12.9. The first kappa shape index (κ1) is 19.9. The van der Waals surface area contributed by atoms with Gasteiger partial charge in [-0.2, -0.15) is 0 Å². The molecule has 2 amide bonds. The zero-order chi connectivity index (χ0) is 20.1. The fourth-order valence-electron chi connectivity index (χ4n) is 3.52. The molecule has 0 aliphatic carbocycles. The van der Waals surface area contributed by atoms with Crippen LogP contribution in [0.2, 0.25) is 0 Å². The van der Waals surface area contributed by atoms with E-state index in [1.807, 2.05) is 85.4 Å². The molecule has 5 heteroatoms. The molecule has 0 saturated carbocycles. The number of hydrogen-bond donors (Lipinski definition) is 1. The molecule has 2 aromatic carbocycles. The summed E-state index contributed by atoms with van der Waals surface area (Å²) in [6.45, 7) is 3.73. The Balaban J connectivity index is 1.57. The predicted octanol–water partition coefficient (Wildman–Crippen LogP) is 3.31. The highest BCUT2D eigenvalue weighted by Gasteiger charge is 2.38. The van der Waals surface area contributed by atoms with Crippen molar-refractivity contribution < 1.29 is 9.59 Å². The quantitative estimate of drug-likeness (QED) is 0.867. The molecule has 148 valence electrons. The number of hydrogen-bond acceptors (Lipinski definition) is 3. The second-order valence-corrected chi connectivity index (χ2v) is 7.97. The number of nitrogens with one attached hydrogen (secondary N) is 1. The summed E-state index contributed by atoms with van der Waals surface area (Å²) in [6.07, 6.45) is 1.35. The van der Waals surface area contributed by atoms with Gasteiger partial charge in [0.1, 0.15) is 0 Å². The van der Waals surface area contributed by atoms with Crippen molar-refractivity contribution in [3.63, 3.8) is 0 Å². The SMILES string of the molecule is CN(C)c1cccc(C(=O)N2CCC(C)(C(=O)NCc3ccccc3)CC2)c1. The smallest absolute Gasteiger partial charge is 0.253 e. The van der Waals surface area contributed by atoms with E-state index in [1.165, 1.54) is 0 Å². The maximum Gasteiger partial charge on any atom is 0.253 e. The summed E-state index contributed by atoms with van der Waals surface area (Å²) in [4.78, 5) is 29.5. The van der Waals surface area contributed by atoms with E-state index in [9.17, 15) is 9.59 Å². The minimum Gasteiger partial charge on any atom is -0.378 e. The Morgan fingerprint density at radius 3 is 2.36 bits per heavy atom.